The zero-order valence-electron chi connectivity index (χ0n) is 41.6. The maximum Gasteiger partial charge on any atom is 0.305 e. The van der Waals surface area contributed by atoms with Crippen LogP contribution in [0.15, 0.2) is 40.3 Å². The summed E-state index contributed by atoms with van der Waals surface area (Å²) in [5, 5.41) is 30.0. The Morgan fingerprint density at radius 1 is 0.616 bits per heavy atom. The molecule has 0 spiro atoms. The van der Waals surface area contributed by atoms with Crippen LogP contribution in [0.1, 0.15) is 78.2 Å². The molecule has 1 aromatic rings. The lowest BCUT2D eigenvalue weighted by Crippen LogP contribution is -2.61. The smallest absolute Gasteiger partial charge is 0.305 e. The second-order valence-electron chi connectivity index (χ2n) is 17.2. The van der Waals surface area contributed by atoms with Gasteiger partial charge in [0.15, 0.2) is 11.9 Å². The van der Waals surface area contributed by atoms with E-state index in [4.69, 9.17) is 28.7 Å². The van der Waals surface area contributed by atoms with Gasteiger partial charge in [0.1, 0.15) is 42.5 Å². The molecule has 0 fully saturated rings. The fraction of sp³-hybridized carbons (Fsp3) is 0.600. The van der Waals surface area contributed by atoms with Crippen LogP contribution in [0.5, 0.6) is 0 Å². The van der Waals surface area contributed by atoms with Crippen LogP contribution in [0.25, 0.3) is 0 Å². The topological polar surface area (TPSA) is 442 Å². The molecule has 10 atom stereocenters. The maximum absolute atomic E-state index is 14.1. The van der Waals surface area contributed by atoms with Gasteiger partial charge in [-0.1, -0.05) is 70.9 Å². The normalized spacial score (nSPS) is 14.9. The van der Waals surface area contributed by atoms with Crippen LogP contribution in [0.3, 0.4) is 0 Å². The molecular weight excluding hydrogens is 991 g/mol. The highest BCUT2D eigenvalue weighted by molar-refractivity contribution is 7.80. The van der Waals surface area contributed by atoms with E-state index in [1.165, 1.54) is 0 Å². The minimum absolute atomic E-state index is 0.00490. The number of carbonyl (C=O) groups excluding carboxylic acids is 9. The number of guanidine groups is 2. The van der Waals surface area contributed by atoms with Crippen LogP contribution in [-0.4, -0.2) is 156 Å². The van der Waals surface area contributed by atoms with Gasteiger partial charge in [-0.2, -0.15) is 25.3 Å². The van der Waals surface area contributed by atoms with Crippen LogP contribution in [0, 0.1) is 11.8 Å². The van der Waals surface area contributed by atoms with Gasteiger partial charge < -0.3 is 81.1 Å². The molecule has 0 saturated carbocycles. The number of hydrogen-bond donors (Lipinski definition) is 16. The Hall–Kier alpha value is -6.68. The molecule has 1 aromatic carbocycles. The van der Waals surface area contributed by atoms with Crippen molar-refractivity contribution in [2.45, 2.75) is 127 Å². The molecule has 0 aliphatic carbocycles. The van der Waals surface area contributed by atoms with Gasteiger partial charge in [0.25, 0.3) is 0 Å². The fourth-order valence-corrected chi connectivity index (χ4v) is 7.07. The number of aliphatic carboxylic acids is 1. The third-order valence-electron chi connectivity index (χ3n) is 11.3. The molecule has 0 radical (unpaired) electrons. The summed E-state index contributed by atoms with van der Waals surface area (Å²) in [6.45, 7) is 6.13. The van der Waals surface area contributed by atoms with Gasteiger partial charge in [0.2, 0.25) is 47.3 Å². The van der Waals surface area contributed by atoms with Crippen molar-refractivity contribution in [1.82, 2.24) is 42.5 Å². The molecule has 8 amide bonds. The monoisotopic (exact) mass is 1070 g/mol. The van der Waals surface area contributed by atoms with Gasteiger partial charge >= 0.3 is 5.97 Å². The lowest BCUT2D eigenvalue weighted by atomic mass is 9.96. The molecule has 0 aromatic heterocycles. The molecule has 0 aliphatic rings. The van der Waals surface area contributed by atoms with Crippen molar-refractivity contribution in [3.8, 4) is 0 Å². The second kappa shape index (κ2) is 34.6. The van der Waals surface area contributed by atoms with Crippen molar-refractivity contribution in [3.05, 3.63) is 35.9 Å². The Morgan fingerprint density at radius 2 is 1.08 bits per heavy atom. The van der Waals surface area contributed by atoms with E-state index in [2.05, 4.69) is 77.8 Å². The number of nitrogens with one attached hydrogen (secondary N) is 8. The number of aliphatic imine (C=N–C) groups is 2. The van der Waals surface area contributed by atoms with Crippen molar-refractivity contribution < 1.29 is 53.1 Å². The highest BCUT2D eigenvalue weighted by Gasteiger charge is 2.36. The van der Waals surface area contributed by atoms with Crippen LogP contribution in [0.4, 0.5) is 0 Å². The van der Waals surface area contributed by atoms with E-state index in [1.54, 1.807) is 58.0 Å². The molecule has 0 bridgehead atoms. The van der Waals surface area contributed by atoms with Crippen LogP contribution < -0.4 is 71.2 Å². The first-order valence-electron chi connectivity index (χ1n) is 23.7. The summed E-state index contributed by atoms with van der Waals surface area (Å²) < 4.78 is 0. The first-order chi connectivity index (χ1) is 34.5. The summed E-state index contributed by atoms with van der Waals surface area (Å²) in [6, 6.07) is -1.69. The summed E-state index contributed by atoms with van der Waals surface area (Å²) in [4.78, 5) is 140. The van der Waals surface area contributed by atoms with E-state index in [0.717, 1.165) is 0 Å². The summed E-state index contributed by atoms with van der Waals surface area (Å²) in [6.07, 6.45) is 0.240. The summed E-state index contributed by atoms with van der Waals surface area (Å²) in [7, 11) is 0. The number of benzene rings is 1. The third-order valence-corrected chi connectivity index (χ3v) is 12.1. The summed E-state index contributed by atoms with van der Waals surface area (Å²) in [5.74, 6) is -9.96. The molecule has 28 heteroatoms. The van der Waals surface area contributed by atoms with Gasteiger partial charge in [0, 0.05) is 31.0 Å². The third kappa shape index (κ3) is 25.0. The van der Waals surface area contributed by atoms with Crippen LogP contribution in [-0.2, 0) is 54.4 Å². The van der Waals surface area contributed by atoms with Gasteiger partial charge in [0.05, 0.1) is 25.0 Å². The standard InChI is InChI=1S/C45H75N15O11S2/c1-5-24(3)35(42(70)54-27(21-61)22-72)59-40(68)30(15-11-17-52-45(49)50)56-41(69)32(19-34(63)64)58-43(71)36(25(4)6-2)60-39(67)29(14-10-16-51-44(47)48)55-33(62)20-53-38(66)31(57-37(65)28(46)23-73)18-26-12-8-7-9-13-26/h7-9,12-13,21,24-25,27-32,35-36,72-73H,5-6,10-11,14-20,22-23,46H2,1-4H3,(H,53,66)(H,54,70)(H,55,62)(H,56,69)(H,57,65)(H,58,71)(H,59,68)(H,60,67)(H,63,64)(H4,47,48,51)(H4,49,50,52)/t24-,25-,27+,28-,29-,30-,31-,32-,35-,36-/m0/s1. The molecule has 19 N–H and O–H groups in total. The SMILES string of the molecule is CC[C@H](C)[C@H](NC(=O)[C@H](CCCN=C(N)N)NC(=O)[C@H](CC(=O)O)NC(=O)[C@@H](NC(=O)[C@H](CCCN=C(N)N)NC(=O)CNC(=O)[C@H](Cc1ccccc1)NC(=O)[C@@H](N)CS)[C@@H](C)CC)C(=O)N[C@H](C=O)CS. The van der Waals surface area contributed by atoms with Gasteiger partial charge in [-0.15, -0.1) is 0 Å². The largest absolute Gasteiger partial charge is 0.481 e. The van der Waals surface area contributed by atoms with Gasteiger partial charge in [-0.25, -0.2) is 0 Å². The number of carboxylic acids is 1. The van der Waals surface area contributed by atoms with Crippen molar-refractivity contribution in [2.75, 3.05) is 31.1 Å². The average Bonchev–Trinajstić information content (AvgIpc) is 3.35. The van der Waals surface area contributed by atoms with Gasteiger partial charge in [-0.05, 0) is 43.1 Å². The number of hydrogen-bond acceptors (Lipinski definition) is 15. The molecule has 26 nitrogen and oxygen atoms in total. The van der Waals surface area contributed by atoms with E-state index in [9.17, 15) is 53.1 Å². The molecule has 0 unspecified atom stereocenters. The minimum atomic E-state index is -1.83. The van der Waals surface area contributed by atoms with Crippen molar-refractivity contribution in [2.24, 2.45) is 50.5 Å². The van der Waals surface area contributed by atoms with Crippen molar-refractivity contribution in [3.63, 3.8) is 0 Å². The Balaban J connectivity index is 3.46. The predicted molar refractivity (Wildman–Crippen MR) is 279 cm³/mol. The number of aldehydes is 1. The number of thiol groups is 2. The molecule has 0 heterocycles. The summed E-state index contributed by atoms with van der Waals surface area (Å²) >= 11 is 8.10. The summed E-state index contributed by atoms with van der Waals surface area (Å²) in [5.41, 5.74) is 28.3. The van der Waals surface area contributed by atoms with E-state index in [0.29, 0.717) is 18.3 Å². The lowest BCUT2D eigenvalue weighted by Gasteiger charge is -2.29. The first-order valence-corrected chi connectivity index (χ1v) is 25.0. The van der Waals surface area contributed by atoms with Crippen molar-refractivity contribution in [1.29, 1.82) is 0 Å². The molecule has 73 heavy (non-hydrogen) atoms. The Labute approximate surface area is 435 Å². The number of nitrogens with zero attached hydrogens (tertiary/aromatic N) is 2. The zero-order valence-corrected chi connectivity index (χ0v) is 43.4. The number of carbonyl (C=O) groups is 10. The van der Waals surface area contributed by atoms with Crippen LogP contribution in [0.2, 0.25) is 0 Å². The second-order valence-corrected chi connectivity index (χ2v) is 17.9. The molecule has 1 rings (SSSR count). The van der Waals surface area contributed by atoms with Crippen molar-refractivity contribution >= 4 is 96.7 Å². The average molecular weight is 1070 g/mol. The Morgan fingerprint density at radius 3 is 1.53 bits per heavy atom. The first kappa shape index (κ1) is 64.3. The van der Waals surface area contributed by atoms with E-state index < -0.39 is 126 Å². The molecule has 408 valence electrons. The lowest BCUT2D eigenvalue weighted by molar-refractivity contribution is -0.142. The van der Waals surface area contributed by atoms with E-state index >= 15 is 0 Å². The van der Waals surface area contributed by atoms with Gasteiger partial charge in [-0.3, -0.25) is 53.1 Å². The highest BCUT2D eigenvalue weighted by atomic mass is 32.1. The fourth-order valence-electron chi connectivity index (χ4n) is 6.73. The Kier molecular flexibility index (Phi) is 30.5. The number of carboxylic acid groups (broad SMARTS) is 1. The van der Waals surface area contributed by atoms with E-state index in [1.807, 2.05) is 0 Å². The van der Waals surface area contributed by atoms with E-state index in [-0.39, 0.29) is 75.0 Å². The number of rotatable bonds is 35. The molecular formula is C45H75N15O11S2. The Bertz CT molecular complexity index is 2060. The van der Waals surface area contributed by atoms with Crippen LogP contribution >= 0.6 is 25.3 Å². The molecule has 0 saturated heterocycles. The number of nitrogens with two attached hydrogens (primary N) is 5. The minimum Gasteiger partial charge on any atom is -0.481 e. The maximum atomic E-state index is 14.1. The molecule has 0 aliphatic heterocycles. The quantitative estimate of drug-likeness (QED) is 0.0101. The zero-order chi connectivity index (χ0) is 55.2. The highest BCUT2D eigenvalue weighted by Crippen LogP contribution is 2.13. The predicted octanol–water partition coefficient (Wildman–Crippen LogP) is -4.20. The number of amides is 8.